The van der Waals surface area contributed by atoms with Crippen LogP contribution >= 0.6 is 0 Å². The van der Waals surface area contributed by atoms with Crippen molar-refractivity contribution in [1.29, 1.82) is 0 Å². The van der Waals surface area contributed by atoms with E-state index < -0.39 is 0 Å². The van der Waals surface area contributed by atoms with Gasteiger partial charge >= 0.3 is 0 Å². The largest absolute Gasteiger partial charge is 0.325 e. The molecule has 2 fully saturated rings. The Bertz CT molecular complexity index is 249. The van der Waals surface area contributed by atoms with E-state index in [1.165, 1.54) is 13.0 Å². The minimum Gasteiger partial charge on any atom is -0.325 e. The van der Waals surface area contributed by atoms with E-state index in [1.807, 2.05) is 11.8 Å². The van der Waals surface area contributed by atoms with E-state index in [4.69, 9.17) is 0 Å². The molecule has 0 aromatic carbocycles. The van der Waals surface area contributed by atoms with E-state index in [0.29, 0.717) is 6.04 Å². The van der Waals surface area contributed by atoms with Gasteiger partial charge in [0.2, 0.25) is 5.91 Å². The highest BCUT2D eigenvalue weighted by Gasteiger charge is 2.34. The summed E-state index contributed by atoms with van der Waals surface area (Å²) in [5.41, 5.74) is 0. The molecule has 0 aliphatic carbocycles. The van der Waals surface area contributed by atoms with Gasteiger partial charge in [-0.3, -0.25) is 10.1 Å². The van der Waals surface area contributed by atoms with Crippen LogP contribution in [0, 0.1) is 0 Å². The van der Waals surface area contributed by atoms with Crippen molar-refractivity contribution in [2.75, 3.05) is 26.3 Å². The average Bonchev–Trinajstić information content (AvgIpc) is 2.62. The second-order valence-electron chi connectivity index (χ2n) is 4.96. The molecule has 0 radical (unpaired) electrons. The molecular weight excluding hydrogens is 202 g/mol. The van der Waals surface area contributed by atoms with Crippen LogP contribution in [-0.4, -0.2) is 54.1 Å². The molecular formula is C12H23N3O. The van der Waals surface area contributed by atoms with Crippen molar-refractivity contribution in [1.82, 2.24) is 15.1 Å². The monoisotopic (exact) mass is 225 g/mol. The van der Waals surface area contributed by atoms with E-state index in [9.17, 15) is 4.79 Å². The molecule has 1 unspecified atom stereocenters. The first-order valence-electron chi connectivity index (χ1n) is 6.48. The van der Waals surface area contributed by atoms with Crippen LogP contribution in [0.4, 0.5) is 0 Å². The van der Waals surface area contributed by atoms with Crippen molar-refractivity contribution >= 4 is 5.91 Å². The maximum atomic E-state index is 11.9. The summed E-state index contributed by atoms with van der Waals surface area (Å²) in [4.78, 5) is 16.4. The number of hydrogen-bond acceptors (Lipinski definition) is 3. The molecule has 2 aliphatic rings. The molecule has 0 aromatic heterocycles. The molecule has 1 atom stereocenters. The summed E-state index contributed by atoms with van der Waals surface area (Å²) in [5.74, 6) is 0.286. The molecule has 1 N–H and O–H groups in total. The fourth-order valence-corrected chi connectivity index (χ4v) is 2.73. The maximum Gasteiger partial charge on any atom is 0.240 e. The Labute approximate surface area is 98.0 Å². The molecule has 2 heterocycles. The van der Waals surface area contributed by atoms with E-state index >= 15 is 0 Å². The lowest BCUT2D eigenvalue weighted by Gasteiger charge is -2.36. The normalized spacial score (nSPS) is 29.0. The second kappa shape index (κ2) is 5.15. The summed E-state index contributed by atoms with van der Waals surface area (Å²) in [7, 11) is 0. The highest BCUT2D eigenvalue weighted by molar-refractivity contribution is 5.83. The number of nitrogens with zero attached hydrogens (tertiary/aromatic N) is 2. The van der Waals surface area contributed by atoms with Crippen molar-refractivity contribution in [2.45, 2.75) is 45.2 Å². The minimum absolute atomic E-state index is 0.0219. The van der Waals surface area contributed by atoms with E-state index in [0.717, 1.165) is 32.6 Å². The van der Waals surface area contributed by atoms with Gasteiger partial charge in [0.15, 0.2) is 0 Å². The van der Waals surface area contributed by atoms with E-state index in [2.05, 4.69) is 17.1 Å². The van der Waals surface area contributed by atoms with Crippen LogP contribution in [0.5, 0.6) is 0 Å². The lowest BCUT2D eigenvalue weighted by Crippen LogP contribution is -2.46. The average molecular weight is 225 g/mol. The van der Waals surface area contributed by atoms with Crippen LogP contribution in [0.1, 0.15) is 33.1 Å². The number of amides is 1. The number of carbonyl (C=O) groups is 1. The maximum absolute atomic E-state index is 11.9. The summed E-state index contributed by atoms with van der Waals surface area (Å²) in [6.07, 6.45) is 3.51. The molecule has 0 aromatic rings. The first-order valence-corrected chi connectivity index (χ1v) is 6.48. The lowest BCUT2D eigenvalue weighted by molar-refractivity contribution is -0.131. The Balaban J connectivity index is 1.83. The Morgan fingerprint density at radius 2 is 2.06 bits per heavy atom. The molecule has 2 aliphatic heterocycles. The van der Waals surface area contributed by atoms with Gasteiger partial charge in [-0.1, -0.05) is 6.92 Å². The van der Waals surface area contributed by atoms with Crippen LogP contribution in [-0.2, 0) is 4.79 Å². The Kier molecular flexibility index (Phi) is 3.82. The van der Waals surface area contributed by atoms with Gasteiger partial charge in [-0.05, 0) is 32.7 Å². The van der Waals surface area contributed by atoms with Crippen molar-refractivity contribution in [3.05, 3.63) is 0 Å². The topological polar surface area (TPSA) is 35.6 Å². The van der Waals surface area contributed by atoms with Crippen LogP contribution in [0.3, 0.4) is 0 Å². The van der Waals surface area contributed by atoms with Crippen LogP contribution < -0.4 is 5.32 Å². The van der Waals surface area contributed by atoms with Crippen molar-refractivity contribution < 1.29 is 4.79 Å². The van der Waals surface area contributed by atoms with Gasteiger partial charge in [0.05, 0.1) is 12.7 Å². The minimum atomic E-state index is 0.0219. The Morgan fingerprint density at radius 1 is 1.38 bits per heavy atom. The number of carbonyl (C=O) groups excluding carboxylic acids is 1. The highest BCUT2D eigenvalue weighted by atomic mass is 16.2. The van der Waals surface area contributed by atoms with Crippen LogP contribution in [0.25, 0.3) is 0 Å². The van der Waals surface area contributed by atoms with E-state index in [1.54, 1.807) is 0 Å². The molecule has 16 heavy (non-hydrogen) atoms. The van der Waals surface area contributed by atoms with Gasteiger partial charge < -0.3 is 9.80 Å². The fourth-order valence-electron chi connectivity index (χ4n) is 2.73. The third-order valence-corrected chi connectivity index (χ3v) is 3.76. The quantitative estimate of drug-likeness (QED) is 0.765. The van der Waals surface area contributed by atoms with Gasteiger partial charge in [0.1, 0.15) is 0 Å². The van der Waals surface area contributed by atoms with Crippen molar-refractivity contribution in [3.8, 4) is 0 Å². The third-order valence-electron chi connectivity index (χ3n) is 3.76. The molecule has 92 valence electrons. The number of likely N-dealkylation sites (tertiary alicyclic amines) is 1. The van der Waals surface area contributed by atoms with Crippen LogP contribution in [0.15, 0.2) is 0 Å². The zero-order valence-electron chi connectivity index (χ0n) is 10.4. The van der Waals surface area contributed by atoms with Gasteiger partial charge in [0.25, 0.3) is 0 Å². The summed E-state index contributed by atoms with van der Waals surface area (Å²) in [5, 5.41) is 3.22. The first-order chi connectivity index (χ1) is 7.72. The second-order valence-corrected chi connectivity index (χ2v) is 4.96. The predicted molar refractivity (Wildman–Crippen MR) is 64.1 cm³/mol. The van der Waals surface area contributed by atoms with Gasteiger partial charge in [-0.25, -0.2) is 0 Å². The molecule has 2 saturated heterocycles. The smallest absolute Gasteiger partial charge is 0.240 e. The van der Waals surface area contributed by atoms with Gasteiger partial charge in [0, 0.05) is 19.1 Å². The standard InChI is InChI=1S/C12H23N3O/c1-3-6-14-7-4-11(5-8-14)15-9-13-10(2)12(15)16/h10-11,13H,3-9H2,1-2H3. The number of rotatable bonds is 3. The van der Waals surface area contributed by atoms with Crippen molar-refractivity contribution in [2.24, 2.45) is 0 Å². The molecule has 0 spiro atoms. The zero-order valence-corrected chi connectivity index (χ0v) is 10.4. The Morgan fingerprint density at radius 3 is 2.56 bits per heavy atom. The lowest BCUT2D eigenvalue weighted by atomic mass is 10.0. The van der Waals surface area contributed by atoms with Gasteiger partial charge in [-0.15, -0.1) is 0 Å². The van der Waals surface area contributed by atoms with E-state index in [-0.39, 0.29) is 11.9 Å². The summed E-state index contributed by atoms with van der Waals surface area (Å²) < 4.78 is 0. The molecule has 4 heteroatoms. The van der Waals surface area contributed by atoms with Crippen LogP contribution in [0.2, 0.25) is 0 Å². The Hall–Kier alpha value is -0.610. The number of hydrogen-bond donors (Lipinski definition) is 1. The molecule has 0 saturated carbocycles. The highest BCUT2D eigenvalue weighted by Crippen LogP contribution is 2.19. The summed E-state index contributed by atoms with van der Waals surface area (Å²) in [6, 6.07) is 0.492. The number of nitrogens with one attached hydrogen (secondary N) is 1. The fraction of sp³-hybridized carbons (Fsp3) is 0.917. The molecule has 0 bridgehead atoms. The SMILES string of the molecule is CCCN1CCC(N2CNC(C)C2=O)CC1. The van der Waals surface area contributed by atoms with Crippen molar-refractivity contribution in [3.63, 3.8) is 0 Å². The molecule has 4 nitrogen and oxygen atoms in total. The molecule has 1 amide bonds. The summed E-state index contributed by atoms with van der Waals surface area (Å²) in [6.45, 7) is 8.43. The summed E-state index contributed by atoms with van der Waals surface area (Å²) >= 11 is 0. The van der Waals surface area contributed by atoms with Gasteiger partial charge in [-0.2, -0.15) is 0 Å². The first kappa shape index (κ1) is 11.9. The predicted octanol–water partition coefficient (Wildman–Crippen LogP) is 0.639. The third kappa shape index (κ3) is 2.38. The zero-order chi connectivity index (χ0) is 11.5. The molecule has 2 rings (SSSR count). The number of piperidine rings is 1.